The quantitative estimate of drug-likeness (QED) is 0.872. The number of carbonyl (C=O) groups excluding carboxylic acids is 2. The van der Waals surface area contributed by atoms with Gasteiger partial charge < -0.3 is 15.5 Å². The number of anilines is 1. The SMILES string of the molecule is Cc1cnc(-c2cccc(C(=O)N[C@H]3CCNC3=O)c2)nc1N(C)C. The van der Waals surface area contributed by atoms with Crippen LogP contribution in [0.1, 0.15) is 22.3 Å². The molecule has 0 saturated carbocycles. The number of aromatic nitrogens is 2. The van der Waals surface area contributed by atoms with Crippen LogP contribution in [0.5, 0.6) is 0 Å². The number of nitrogens with one attached hydrogen (secondary N) is 2. The van der Waals surface area contributed by atoms with Crippen LogP contribution in [0, 0.1) is 6.92 Å². The molecule has 1 aromatic heterocycles. The maximum absolute atomic E-state index is 12.4. The van der Waals surface area contributed by atoms with Crippen molar-refractivity contribution >= 4 is 17.6 Å². The van der Waals surface area contributed by atoms with Gasteiger partial charge in [0, 0.05) is 43.5 Å². The number of rotatable bonds is 4. The van der Waals surface area contributed by atoms with E-state index in [0.29, 0.717) is 24.4 Å². The summed E-state index contributed by atoms with van der Waals surface area (Å²) in [5, 5.41) is 5.47. The van der Waals surface area contributed by atoms with Gasteiger partial charge in [-0.15, -0.1) is 0 Å². The van der Waals surface area contributed by atoms with Crippen LogP contribution in [0.25, 0.3) is 11.4 Å². The lowest BCUT2D eigenvalue weighted by Crippen LogP contribution is -2.40. The van der Waals surface area contributed by atoms with Crippen molar-refractivity contribution in [1.82, 2.24) is 20.6 Å². The van der Waals surface area contributed by atoms with Gasteiger partial charge in [-0.05, 0) is 25.5 Å². The summed E-state index contributed by atoms with van der Waals surface area (Å²) in [5.41, 5.74) is 2.22. The molecule has 2 N–H and O–H groups in total. The Morgan fingerprint density at radius 2 is 2.16 bits per heavy atom. The minimum absolute atomic E-state index is 0.137. The van der Waals surface area contributed by atoms with E-state index < -0.39 is 6.04 Å². The highest BCUT2D eigenvalue weighted by atomic mass is 16.2. The third-order valence-corrected chi connectivity index (χ3v) is 4.11. The zero-order valence-electron chi connectivity index (χ0n) is 14.5. The average Bonchev–Trinajstić information content (AvgIpc) is 3.00. The predicted octanol–water partition coefficient (Wildman–Crippen LogP) is 1.14. The summed E-state index contributed by atoms with van der Waals surface area (Å²) >= 11 is 0. The smallest absolute Gasteiger partial charge is 0.251 e. The molecular formula is C18H21N5O2. The number of carbonyl (C=O) groups is 2. The second kappa shape index (κ2) is 6.88. The Kier molecular flexibility index (Phi) is 4.65. The zero-order valence-corrected chi connectivity index (χ0v) is 14.5. The van der Waals surface area contributed by atoms with E-state index in [0.717, 1.165) is 16.9 Å². The van der Waals surface area contributed by atoms with Crippen LogP contribution in [-0.2, 0) is 4.79 Å². The predicted molar refractivity (Wildman–Crippen MR) is 95.4 cm³/mol. The fraction of sp³-hybridized carbons (Fsp3) is 0.333. The number of aryl methyl sites for hydroxylation is 1. The fourth-order valence-corrected chi connectivity index (χ4v) is 2.80. The molecule has 0 aliphatic carbocycles. The molecule has 2 heterocycles. The Bertz CT molecular complexity index is 819. The van der Waals surface area contributed by atoms with Crippen LogP contribution in [0.15, 0.2) is 30.5 Å². The molecule has 2 amide bonds. The van der Waals surface area contributed by atoms with Gasteiger partial charge in [-0.25, -0.2) is 9.97 Å². The molecule has 1 aliphatic rings. The Labute approximate surface area is 146 Å². The lowest BCUT2D eigenvalue weighted by Gasteiger charge is -2.15. The molecule has 0 unspecified atom stereocenters. The summed E-state index contributed by atoms with van der Waals surface area (Å²) in [7, 11) is 3.85. The van der Waals surface area contributed by atoms with Gasteiger partial charge in [0.15, 0.2) is 5.82 Å². The standard InChI is InChI=1S/C18H21N5O2/c1-11-10-20-15(22-16(11)23(2)3)12-5-4-6-13(9-12)17(24)21-14-7-8-19-18(14)25/h4-6,9-10,14H,7-8H2,1-3H3,(H,19,25)(H,21,24)/t14-/m0/s1. The average molecular weight is 339 g/mol. The largest absolute Gasteiger partial charge is 0.362 e. The summed E-state index contributed by atoms with van der Waals surface area (Å²) in [6.07, 6.45) is 2.38. The van der Waals surface area contributed by atoms with Crippen molar-refractivity contribution in [3.63, 3.8) is 0 Å². The van der Waals surface area contributed by atoms with Crippen LogP contribution < -0.4 is 15.5 Å². The van der Waals surface area contributed by atoms with Crippen molar-refractivity contribution in [2.24, 2.45) is 0 Å². The maximum Gasteiger partial charge on any atom is 0.251 e. The third-order valence-electron chi connectivity index (χ3n) is 4.11. The van der Waals surface area contributed by atoms with E-state index in [1.807, 2.05) is 32.0 Å². The maximum atomic E-state index is 12.4. The highest BCUT2D eigenvalue weighted by molar-refractivity contribution is 5.98. The first-order valence-electron chi connectivity index (χ1n) is 8.15. The molecule has 1 fully saturated rings. The Balaban J connectivity index is 1.85. The van der Waals surface area contributed by atoms with Gasteiger partial charge in [0.1, 0.15) is 11.9 Å². The molecular weight excluding hydrogens is 318 g/mol. The summed E-state index contributed by atoms with van der Waals surface area (Å²) in [6, 6.07) is 6.65. The Morgan fingerprint density at radius 1 is 1.36 bits per heavy atom. The van der Waals surface area contributed by atoms with Crippen LogP contribution >= 0.6 is 0 Å². The molecule has 1 atom stereocenters. The second-order valence-corrected chi connectivity index (χ2v) is 6.28. The van der Waals surface area contributed by atoms with Crippen molar-refractivity contribution < 1.29 is 9.59 Å². The van der Waals surface area contributed by atoms with Crippen LogP contribution in [0.4, 0.5) is 5.82 Å². The highest BCUT2D eigenvalue weighted by Crippen LogP contribution is 2.21. The molecule has 3 rings (SSSR count). The number of amides is 2. The van der Waals surface area contributed by atoms with E-state index in [2.05, 4.69) is 20.6 Å². The highest BCUT2D eigenvalue weighted by Gasteiger charge is 2.26. The Hall–Kier alpha value is -2.96. The summed E-state index contributed by atoms with van der Waals surface area (Å²) < 4.78 is 0. The molecule has 1 aliphatic heterocycles. The molecule has 2 aromatic rings. The van der Waals surface area contributed by atoms with E-state index in [4.69, 9.17) is 0 Å². The Morgan fingerprint density at radius 3 is 2.84 bits per heavy atom. The normalized spacial score (nSPS) is 16.4. The first kappa shape index (κ1) is 16.9. The van der Waals surface area contributed by atoms with Crippen molar-refractivity contribution in [2.45, 2.75) is 19.4 Å². The molecule has 0 radical (unpaired) electrons. The van der Waals surface area contributed by atoms with Gasteiger partial charge >= 0.3 is 0 Å². The van der Waals surface area contributed by atoms with E-state index >= 15 is 0 Å². The molecule has 25 heavy (non-hydrogen) atoms. The number of benzene rings is 1. The minimum Gasteiger partial charge on any atom is -0.362 e. The van der Waals surface area contributed by atoms with Crippen LogP contribution in [0.2, 0.25) is 0 Å². The molecule has 0 spiro atoms. The third kappa shape index (κ3) is 3.60. The lowest BCUT2D eigenvalue weighted by atomic mass is 10.1. The number of hydrogen-bond donors (Lipinski definition) is 2. The fourth-order valence-electron chi connectivity index (χ4n) is 2.80. The molecule has 1 saturated heterocycles. The molecule has 0 bridgehead atoms. The summed E-state index contributed by atoms with van der Waals surface area (Å²) in [4.78, 5) is 34.9. The van der Waals surface area contributed by atoms with Crippen molar-refractivity contribution in [1.29, 1.82) is 0 Å². The number of nitrogens with zero attached hydrogens (tertiary/aromatic N) is 3. The van der Waals surface area contributed by atoms with E-state index in [1.165, 1.54) is 0 Å². The van der Waals surface area contributed by atoms with Gasteiger partial charge in [0.2, 0.25) is 5.91 Å². The van der Waals surface area contributed by atoms with Crippen molar-refractivity contribution in [3.8, 4) is 11.4 Å². The van der Waals surface area contributed by atoms with Crippen molar-refractivity contribution in [3.05, 3.63) is 41.6 Å². The minimum atomic E-state index is -0.466. The van der Waals surface area contributed by atoms with Crippen LogP contribution in [0.3, 0.4) is 0 Å². The van der Waals surface area contributed by atoms with E-state index in [-0.39, 0.29) is 11.8 Å². The monoisotopic (exact) mass is 339 g/mol. The first-order chi connectivity index (χ1) is 12.0. The van der Waals surface area contributed by atoms with Gasteiger partial charge in [0.05, 0.1) is 0 Å². The molecule has 130 valence electrons. The molecule has 7 heteroatoms. The summed E-state index contributed by atoms with van der Waals surface area (Å²) in [5.74, 6) is 0.982. The molecule has 7 nitrogen and oxygen atoms in total. The number of hydrogen-bond acceptors (Lipinski definition) is 5. The second-order valence-electron chi connectivity index (χ2n) is 6.28. The van der Waals surface area contributed by atoms with E-state index in [1.54, 1.807) is 24.4 Å². The summed E-state index contributed by atoms with van der Waals surface area (Å²) in [6.45, 7) is 2.55. The lowest BCUT2D eigenvalue weighted by molar-refractivity contribution is -0.120. The topological polar surface area (TPSA) is 87.2 Å². The van der Waals surface area contributed by atoms with Gasteiger partial charge in [0.25, 0.3) is 5.91 Å². The van der Waals surface area contributed by atoms with Crippen molar-refractivity contribution in [2.75, 3.05) is 25.5 Å². The first-order valence-corrected chi connectivity index (χ1v) is 8.15. The van der Waals surface area contributed by atoms with Gasteiger partial charge in [-0.2, -0.15) is 0 Å². The zero-order chi connectivity index (χ0) is 18.0. The van der Waals surface area contributed by atoms with Crippen LogP contribution in [-0.4, -0.2) is 48.5 Å². The van der Waals surface area contributed by atoms with E-state index in [9.17, 15) is 9.59 Å². The van der Waals surface area contributed by atoms with Gasteiger partial charge in [-0.3, -0.25) is 9.59 Å². The molecule has 1 aromatic carbocycles. The van der Waals surface area contributed by atoms with Gasteiger partial charge in [-0.1, -0.05) is 12.1 Å².